The molecule has 1 aliphatic heterocycles. The first-order valence-corrected chi connectivity index (χ1v) is 10.2. The Bertz CT molecular complexity index is 958. The molecule has 0 unspecified atom stereocenters. The average molecular weight is 406 g/mol. The van der Waals surface area contributed by atoms with Crippen LogP contribution in [0.15, 0.2) is 53.3 Å². The van der Waals surface area contributed by atoms with Gasteiger partial charge < -0.3 is 14.2 Å². The summed E-state index contributed by atoms with van der Waals surface area (Å²) in [4.78, 5) is 21.3. The zero-order chi connectivity index (χ0) is 20.9. The van der Waals surface area contributed by atoms with Gasteiger partial charge in [0.15, 0.2) is 0 Å². The van der Waals surface area contributed by atoms with Gasteiger partial charge in [-0.1, -0.05) is 11.2 Å². The van der Waals surface area contributed by atoms with Gasteiger partial charge in [0.25, 0.3) is 5.91 Å². The summed E-state index contributed by atoms with van der Waals surface area (Å²) in [6.45, 7) is 8.20. The molecule has 1 saturated heterocycles. The van der Waals surface area contributed by atoms with Crippen LogP contribution in [-0.4, -0.2) is 52.0 Å². The molecule has 156 valence electrons. The number of amides is 1. The van der Waals surface area contributed by atoms with Gasteiger partial charge in [0.1, 0.15) is 18.1 Å². The monoisotopic (exact) mass is 406 g/mol. The lowest BCUT2D eigenvalue weighted by atomic mass is 10.1. The Morgan fingerprint density at radius 1 is 1.10 bits per heavy atom. The molecule has 1 fully saturated rings. The number of benzene rings is 1. The molecule has 0 radical (unpaired) electrons. The minimum atomic E-state index is 0.0632. The fourth-order valence-electron chi connectivity index (χ4n) is 3.60. The van der Waals surface area contributed by atoms with E-state index in [0.29, 0.717) is 17.9 Å². The molecule has 0 saturated carbocycles. The fraction of sp³-hybridized carbons (Fsp3) is 0.348. The second-order valence-corrected chi connectivity index (χ2v) is 7.55. The number of hydrogen-bond donors (Lipinski definition) is 0. The average Bonchev–Trinajstić information content (AvgIpc) is 3.11. The number of ether oxygens (including phenoxy) is 1. The summed E-state index contributed by atoms with van der Waals surface area (Å²) in [5.41, 5.74) is 3.67. The number of nitrogens with zero attached hydrogens (tertiary/aromatic N) is 4. The third-order valence-corrected chi connectivity index (χ3v) is 5.45. The van der Waals surface area contributed by atoms with Crippen LogP contribution in [0, 0.1) is 13.8 Å². The summed E-state index contributed by atoms with van der Waals surface area (Å²) in [6, 6.07) is 11.4. The van der Waals surface area contributed by atoms with E-state index in [4.69, 9.17) is 9.26 Å². The van der Waals surface area contributed by atoms with Gasteiger partial charge in [-0.3, -0.25) is 14.7 Å². The predicted molar refractivity (Wildman–Crippen MR) is 112 cm³/mol. The number of piperazine rings is 1. The molecule has 0 aliphatic carbocycles. The van der Waals surface area contributed by atoms with E-state index >= 15 is 0 Å². The van der Waals surface area contributed by atoms with E-state index in [-0.39, 0.29) is 5.91 Å². The zero-order valence-corrected chi connectivity index (χ0v) is 17.4. The Kier molecular flexibility index (Phi) is 6.09. The Morgan fingerprint density at radius 3 is 2.50 bits per heavy atom. The molecule has 3 heterocycles. The number of aromatic nitrogens is 2. The van der Waals surface area contributed by atoms with E-state index in [9.17, 15) is 4.79 Å². The Morgan fingerprint density at radius 2 is 1.87 bits per heavy atom. The van der Waals surface area contributed by atoms with Crippen molar-refractivity contribution in [1.82, 2.24) is 19.9 Å². The highest BCUT2D eigenvalue weighted by molar-refractivity contribution is 5.94. The van der Waals surface area contributed by atoms with Crippen molar-refractivity contribution in [3.8, 4) is 5.75 Å². The highest BCUT2D eigenvalue weighted by Crippen LogP contribution is 2.19. The number of hydrogen-bond acceptors (Lipinski definition) is 6. The van der Waals surface area contributed by atoms with E-state index in [1.54, 1.807) is 6.20 Å². The molecule has 4 rings (SSSR count). The smallest absolute Gasteiger partial charge is 0.253 e. The largest absolute Gasteiger partial charge is 0.489 e. The lowest BCUT2D eigenvalue weighted by Gasteiger charge is -2.34. The molecule has 30 heavy (non-hydrogen) atoms. The van der Waals surface area contributed by atoms with Gasteiger partial charge in [0.05, 0.1) is 11.3 Å². The fourth-order valence-corrected chi connectivity index (χ4v) is 3.60. The van der Waals surface area contributed by atoms with Crippen molar-refractivity contribution in [2.75, 3.05) is 26.2 Å². The standard InChI is InChI=1S/C23H26N4O3/c1-17-22(18(2)30-25-17)16-29-21-7-5-20(6-8-21)23(28)27-12-10-26(11-13-27)15-19-4-3-9-24-14-19/h3-9,14H,10-13,15-16H2,1-2H3. The number of aryl methyl sites for hydroxylation is 2. The third-order valence-electron chi connectivity index (χ3n) is 5.45. The Balaban J connectivity index is 1.29. The molecular formula is C23H26N4O3. The van der Waals surface area contributed by atoms with Crippen molar-refractivity contribution in [1.29, 1.82) is 0 Å². The number of carbonyl (C=O) groups is 1. The zero-order valence-electron chi connectivity index (χ0n) is 17.4. The maximum absolute atomic E-state index is 12.8. The molecule has 0 bridgehead atoms. The molecule has 0 N–H and O–H groups in total. The minimum Gasteiger partial charge on any atom is -0.489 e. The van der Waals surface area contributed by atoms with Gasteiger partial charge in [-0.25, -0.2) is 0 Å². The van der Waals surface area contributed by atoms with Gasteiger partial charge in [0, 0.05) is 50.7 Å². The summed E-state index contributed by atoms with van der Waals surface area (Å²) in [5, 5.41) is 3.93. The van der Waals surface area contributed by atoms with Crippen LogP contribution in [0.1, 0.15) is 32.9 Å². The maximum Gasteiger partial charge on any atom is 0.253 e. The predicted octanol–water partition coefficient (Wildman–Crippen LogP) is 3.22. The molecule has 7 nitrogen and oxygen atoms in total. The molecular weight excluding hydrogens is 380 g/mol. The first-order chi connectivity index (χ1) is 14.6. The molecule has 0 spiro atoms. The maximum atomic E-state index is 12.8. The highest BCUT2D eigenvalue weighted by atomic mass is 16.5. The van der Waals surface area contributed by atoms with Crippen molar-refractivity contribution in [3.05, 3.63) is 76.9 Å². The van der Waals surface area contributed by atoms with Crippen molar-refractivity contribution in [3.63, 3.8) is 0 Å². The van der Waals surface area contributed by atoms with Crippen LogP contribution < -0.4 is 4.74 Å². The minimum absolute atomic E-state index is 0.0632. The lowest BCUT2D eigenvalue weighted by molar-refractivity contribution is 0.0628. The van der Waals surface area contributed by atoms with Crippen molar-refractivity contribution in [2.24, 2.45) is 0 Å². The van der Waals surface area contributed by atoms with E-state index in [2.05, 4.69) is 21.1 Å². The first kappa shape index (κ1) is 20.1. The summed E-state index contributed by atoms with van der Waals surface area (Å²) in [6.07, 6.45) is 3.68. The molecule has 3 aromatic rings. The summed E-state index contributed by atoms with van der Waals surface area (Å²) in [7, 11) is 0. The molecule has 1 aliphatic rings. The highest BCUT2D eigenvalue weighted by Gasteiger charge is 2.22. The number of rotatable bonds is 6. The number of pyridine rings is 1. The van der Waals surface area contributed by atoms with Crippen molar-refractivity contribution >= 4 is 5.91 Å². The topological polar surface area (TPSA) is 71.7 Å². The summed E-state index contributed by atoms with van der Waals surface area (Å²) >= 11 is 0. The van der Waals surface area contributed by atoms with E-state index in [1.807, 2.05) is 55.3 Å². The first-order valence-electron chi connectivity index (χ1n) is 10.2. The summed E-state index contributed by atoms with van der Waals surface area (Å²) in [5.74, 6) is 1.54. The van der Waals surface area contributed by atoms with E-state index in [1.165, 1.54) is 5.56 Å². The van der Waals surface area contributed by atoms with Crippen LogP contribution in [0.2, 0.25) is 0 Å². The number of carbonyl (C=O) groups excluding carboxylic acids is 1. The van der Waals surface area contributed by atoms with Crippen molar-refractivity contribution in [2.45, 2.75) is 27.0 Å². The van der Waals surface area contributed by atoms with Crippen LogP contribution >= 0.6 is 0 Å². The molecule has 2 aromatic heterocycles. The van der Waals surface area contributed by atoms with E-state index < -0.39 is 0 Å². The second kappa shape index (κ2) is 9.09. The van der Waals surface area contributed by atoms with Gasteiger partial charge in [0.2, 0.25) is 0 Å². The van der Waals surface area contributed by atoms with Crippen LogP contribution in [0.4, 0.5) is 0 Å². The van der Waals surface area contributed by atoms with Gasteiger partial charge >= 0.3 is 0 Å². The second-order valence-electron chi connectivity index (χ2n) is 7.55. The quantitative estimate of drug-likeness (QED) is 0.626. The molecule has 1 amide bonds. The Hall–Kier alpha value is -3.19. The summed E-state index contributed by atoms with van der Waals surface area (Å²) < 4.78 is 11.0. The van der Waals surface area contributed by atoms with Crippen LogP contribution in [0.5, 0.6) is 5.75 Å². The van der Waals surface area contributed by atoms with Crippen LogP contribution in [0.25, 0.3) is 0 Å². The molecule has 1 aromatic carbocycles. The van der Waals surface area contributed by atoms with Gasteiger partial charge in [-0.2, -0.15) is 0 Å². The molecule has 0 atom stereocenters. The van der Waals surface area contributed by atoms with Gasteiger partial charge in [-0.15, -0.1) is 0 Å². The third kappa shape index (κ3) is 4.68. The van der Waals surface area contributed by atoms with Crippen molar-refractivity contribution < 1.29 is 14.1 Å². The Labute approximate surface area is 176 Å². The van der Waals surface area contributed by atoms with Crippen LogP contribution in [-0.2, 0) is 13.2 Å². The normalized spacial score (nSPS) is 14.7. The van der Waals surface area contributed by atoms with E-state index in [0.717, 1.165) is 49.7 Å². The SMILES string of the molecule is Cc1noc(C)c1COc1ccc(C(=O)N2CCN(Cc3cccnc3)CC2)cc1. The lowest BCUT2D eigenvalue weighted by Crippen LogP contribution is -2.48. The van der Waals surface area contributed by atoms with Gasteiger partial charge in [-0.05, 0) is 49.7 Å². The molecule has 7 heteroatoms. The van der Waals surface area contributed by atoms with Crippen LogP contribution in [0.3, 0.4) is 0 Å².